The molecule has 0 radical (unpaired) electrons. The molecule has 5 heteroatoms. The average molecular weight is 341 g/mol. The van der Waals surface area contributed by atoms with Crippen LogP contribution in [0.15, 0.2) is 10.5 Å². The molecule has 4 nitrogen and oxygen atoms in total. The van der Waals surface area contributed by atoms with Crippen molar-refractivity contribution in [3.05, 3.63) is 21.7 Å². The average Bonchev–Trinajstić information content (AvgIpc) is 2.70. The van der Waals surface area contributed by atoms with Crippen molar-refractivity contribution in [1.29, 1.82) is 0 Å². The quantitative estimate of drug-likeness (QED) is 0.895. The number of rotatable bonds is 2. The van der Waals surface area contributed by atoms with E-state index in [9.17, 15) is 0 Å². The third kappa shape index (κ3) is 2.95. The van der Waals surface area contributed by atoms with E-state index in [2.05, 4.69) is 39.1 Å². The largest absolute Gasteiger partial charge is 0.490 e. The lowest BCUT2D eigenvalue weighted by atomic mass is 10.1. The summed E-state index contributed by atoms with van der Waals surface area (Å²) >= 11 is 3.70. The third-order valence-corrected chi connectivity index (χ3v) is 4.65. The van der Waals surface area contributed by atoms with Gasteiger partial charge in [-0.2, -0.15) is 0 Å². The monoisotopic (exact) mass is 340 g/mol. The van der Waals surface area contributed by atoms with Gasteiger partial charge in [0.05, 0.1) is 13.2 Å². The van der Waals surface area contributed by atoms with Gasteiger partial charge in [-0.15, -0.1) is 0 Å². The van der Waals surface area contributed by atoms with Crippen molar-refractivity contribution in [3.8, 4) is 11.5 Å². The Kier molecular flexibility index (Phi) is 4.48. The van der Waals surface area contributed by atoms with Gasteiger partial charge in [-0.05, 0) is 18.6 Å². The summed E-state index contributed by atoms with van der Waals surface area (Å²) in [4.78, 5) is 2.48. The number of halogens is 1. The van der Waals surface area contributed by atoms with Gasteiger partial charge in [0.2, 0.25) is 0 Å². The molecule has 0 atom stereocenters. The Bertz CT molecular complexity index is 487. The predicted octanol–water partition coefficient (Wildman–Crippen LogP) is 2.32. The standard InChI is InChI=1S/C15H21BrN2O2/c1-11-12(10-18-5-3-17-4-6-18)13(16)9-14-15(11)20-8-2-7-19-14/h9,17H,2-8,10H2,1H3. The van der Waals surface area contributed by atoms with Gasteiger partial charge >= 0.3 is 0 Å². The zero-order valence-electron chi connectivity index (χ0n) is 11.9. The van der Waals surface area contributed by atoms with Crippen molar-refractivity contribution in [3.63, 3.8) is 0 Å². The van der Waals surface area contributed by atoms with Gasteiger partial charge in [0, 0.05) is 49.2 Å². The lowest BCUT2D eigenvalue weighted by molar-refractivity contribution is 0.231. The second-order valence-electron chi connectivity index (χ2n) is 5.37. The molecule has 3 rings (SSSR count). The van der Waals surface area contributed by atoms with E-state index in [-0.39, 0.29) is 0 Å². The van der Waals surface area contributed by atoms with E-state index in [0.717, 1.165) is 68.3 Å². The van der Waals surface area contributed by atoms with Crippen LogP contribution in [0.3, 0.4) is 0 Å². The first-order chi connectivity index (χ1) is 9.75. The molecule has 1 saturated heterocycles. The maximum Gasteiger partial charge on any atom is 0.164 e. The van der Waals surface area contributed by atoms with Gasteiger partial charge in [-0.1, -0.05) is 15.9 Å². The fourth-order valence-electron chi connectivity index (χ4n) is 2.76. The Labute approximate surface area is 128 Å². The van der Waals surface area contributed by atoms with E-state index in [1.807, 2.05) is 0 Å². The van der Waals surface area contributed by atoms with Gasteiger partial charge in [-0.25, -0.2) is 0 Å². The Hall–Kier alpha value is -0.780. The van der Waals surface area contributed by atoms with Gasteiger partial charge in [-0.3, -0.25) is 4.90 Å². The van der Waals surface area contributed by atoms with Crippen LogP contribution in [0.5, 0.6) is 11.5 Å². The SMILES string of the molecule is Cc1c(CN2CCNCC2)c(Br)cc2c1OCCCO2. The first-order valence-electron chi connectivity index (χ1n) is 7.26. The third-order valence-electron chi connectivity index (χ3n) is 3.95. The van der Waals surface area contributed by atoms with Crippen LogP contribution in [0.1, 0.15) is 17.5 Å². The predicted molar refractivity (Wildman–Crippen MR) is 82.6 cm³/mol. The molecule has 0 amide bonds. The summed E-state index contributed by atoms with van der Waals surface area (Å²) in [7, 11) is 0. The summed E-state index contributed by atoms with van der Waals surface area (Å²) in [5, 5.41) is 3.39. The zero-order chi connectivity index (χ0) is 13.9. The Morgan fingerprint density at radius 1 is 1.25 bits per heavy atom. The maximum atomic E-state index is 5.89. The zero-order valence-corrected chi connectivity index (χ0v) is 13.5. The van der Waals surface area contributed by atoms with Crippen molar-refractivity contribution in [1.82, 2.24) is 10.2 Å². The minimum atomic E-state index is 0.732. The number of piperazine rings is 1. The van der Waals surface area contributed by atoms with Crippen molar-refractivity contribution < 1.29 is 9.47 Å². The first-order valence-corrected chi connectivity index (χ1v) is 8.05. The van der Waals surface area contributed by atoms with Crippen LogP contribution in [0, 0.1) is 6.92 Å². The van der Waals surface area contributed by atoms with E-state index >= 15 is 0 Å². The molecule has 2 aliphatic rings. The van der Waals surface area contributed by atoms with E-state index in [1.165, 1.54) is 11.1 Å². The molecule has 1 fully saturated rings. The van der Waals surface area contributed by atoms with Gasteiger partial charge < -0.3 is 14.8 Å². The number of nitrogens with zero attached hydrogens (tertiary/aromatic N) is 1. The molecular weight excluding hydrogens is 320 g/mol. The van der Waals surface area contributed by atoms with E-state index in [1.54, 1.807) is 0 Å². The van der Waals surface area contributed by atoms with Gasteiger partial charge in [0.25, 0.3) is 0 Å². The fourth-order valence-corrected chi connectivity index (χ4v) is 3.39. The molecule has 0 aliphatic carbocycles. The smallest absolute Gasteiger partial charge is 0.164 e. The van der Waals surface area contributed by atoms with Crippen LogP contribution in [-0.4, -0.2) is 44.3 Å². The highest BCUT2D eigenvalue weighted by atomic mass is 79.9. The van der Waals surface area contributed by atoms with E-state index in [4.69, 9.17) is 9.47 Å². The maximum absolute atomic E-state index is 5.89. The molecule has 0 bridgehead atoms. The number of ether oxygens (including phenoxy) is 2. The summed E-state index contributed by atoms with van der Waals surface area (Å²) in [5.41, 5.74) is 2.52. The Morgan fingerprint density at radius 2 is 2.00 bits per heavy atom. The molecule has 0 unspecified atom stereocenters. The molecule has 0 saturated carbocycles. The summed E-state index contributed by atoms with van der Waals surface area (Å²) in [6.07, 6.45) is 0.943. The molecular formula is C15H21BrN2O2. The highest BCUT2D eigenvalue weighted by Gasteiger charge is 2.20. The van der Waals surface area contributed by atoms with Crippen LogP contribution in [0.4, 0.5) is 0 Å². The summed E-state index contributed by atoms with van der Waals surface area (Å²) in [5.74, 6) is 1.80. The van der Waals surface area contributed by atoms with Crippen LogP contribution in [-0.2, 0) is 6.54 Å². The molecule has 1 N–H and O–H groups in total. The second kappa shape index (κ2) is 6.33. The highest BCUT2D eigenvalue weighted by molar-refractivity contribution is 9.10. The lowest BCUT2D eigenvalue weighted by Gasteiger charge is -2.28. The number of nitrogens with one attached hydrogen (secondary N) is 1. The van der Waals surface area contributed by atoms with E-state index < -0.39 is 0 Å². The molecule has 1 aromatic carbocycles. The highest BCUT2D eigenvalue weighted by Crippen LogP contribution is 2.39. The van der Waals surface area contributed by atoms with Crippen molar-refractivity contribution in [2.45, 2.75) is 19.9 Å². The number of fused-ring (bicyclic) bond motifs is 1. The summed E-state index contributed by atoms with van der Waals surface area (Å²) in [6.45, 7) is 8.90. The summed E-state index contributed by atoms with van der Waals surface area (Å²) < 4.78 is 12.8. The van der Waals surface area contributed by atoms with Crippen LogP contribution in [0.25, 0.3) is 0 Å². The van der Waals surface area contributed by atoms with Crippen LogP contribution < -0.4 is 14.8 Å². The first kappa shape index (κ1) is 14.2. The molecule has 2 aliphatic heterocycles. The topological polar surface area (TPSA) is 33.7 Å². The van der Waals surface area contributed by atoms with E-state index in [0.29, 0.717) is 0 Å². The fraction of sp³-hybridized carbons (Fsp3) is 0.600. The van der Waals surface area contributed by atoms with Crippen LogP contribution in [0.2, 0.25) is 0 Å². The van der Waals surface area contributed by atoms with Crippen molar-refractivity contribution >= 4 is 15.9 Å². The number of hydrogen-bond acceptors (Lipinski definition) is 4. The number of hydrogen-bond donors (Lipinski definition) is 1. The summed E-state index contributed by atoms with van der Waals surface area (Å²) in [6, 6.07) is 2.06. The minimum Gasteiger partial charge on any atom is -0.490 e. The molecule has 110 valence electrons. The van der Waals surface area contributed by atoms with Crippen LogP contribution >= 0.6 is 15.9 Å². The van der Waals surface area contributed by atoms with Crippen molar-refractivity contribution in [2.75, 3.05) is 39.4 Å². The molecule has 1 aromatic rings. The normalized spacial score (nSPS) is 19.7. The lowest BCUT2D eigenvalue weighted by Crippen LogP contribution is -2.43. The molecule has 0 aromatic heterocycles. The number of benzene rings is 1. The molecule has 20 heavy (non-hydrogen) atoms. The molecule has 0 spiro atoms. The Morgan fingerprint density at radius 3 is 2.80 bits per heavy atom. The van der Waals surface area contributed by atoms with Gasteiger partial charge in [0.15, 0.2) is 11.5 Å². The van der Waals surface area contributed by atoms with Gasteiger partial charge in [0.1, 0.15) is 0 Å². The molecule has 2 heterocycles. The Balaban J connectivity index is 1.88. The van der Waals surface area contributed by atoms with Crippen molar-refractivity contribution in [2.24, 2.45) is 0 Å². The minimum absolute atomic E-state index is 0.732. The second-order valence-corrected chi connectivity index (χ2v) is 6.22.